The number of epoxide rings is 1. The first-order chi connectivity index (χ1) is 8.83. The van der Waals surface area contributed by atoms with Crippen LogP contribution < -0.4 is 0 Å². The minimum absolute atomic E-state index is 0.311. The van der Waals surface area contributed by atoms with Crippen LogP contribution in [0.4, 0.5) is 0 Å². The molecule has 0 amide bonds. The Hall–Kier alpha value is -0.830. The molecule has 1 rings (SSSR count). The van der Waals surface area contributed by atoms with Crippen molar-refractivity contribution in [1.29, 1.82) is 0 Å². The zero-order valence-corrected chi connectivity index (χ0v) is 11.4. The number of carbonyl (C=O) groups is 1. The van der Waals surface area contributed by atoms with E-state index in [4.69, 9.17) is 9.47 Å². The molecule has 1 unspecified atom stereocenters. The summed E-state index contributed by atoms with van der Waals surface area (Å²) in [7, 11) is 0. The molecule has 18 heavy (non-hydrogen) atoms. The van der Waals surface area contributed by atoms with Gasteiger partial charge in [-0.3, -0.25) is 0 Å². The van der Waals surface area contributed by atoms with Crippen molar-refractivity contribution >= 4 is 5.97 Å². The van der Waals surface area contributed by atoms with Gasteiger partial charge in [0.2, 0.25) is 0 Å². The van der Waals surface area contributed by atoms with E-state index in [2.05, 4.69) is 6.58 Å². The fraction of sp³-hybridized carbons (Fsp3) is 0.800. The minimum Gasteiger partial charge on any atom is -0.463 e. The maximum atomic E-state index is 10.8. The summed E-state index contributed by atoms with van der Waals surface area (Å²) in [6, 6.07) is 0. The number of carbonyl (C=O) groups excluding carboxylic acids is 1. The number of hydrogen-bond donors (Lipinski definition) is 0. The van der Waals surface area contributed by atoms with Crippen molar-refractivity contribution in [3.8, 4) is 0 Å². The van der Waals surface area contributed by atoms with Crippen molar-refractivity contribution in [2.24, 2.45) is 0 Å². The third kappa shape index (κ3) is 9.23. The molecule has 104 valence electrons. The van der Waals surface area contributed by atoms with E-state index in [0.717, 1.165) is 19.4 Å². The summed E-state index contributed by atoms with van der Waals surface area (Å²) in [6.45, 7) is 4.89. The molecule has 0 N–H and O–H groups in total. The summed E-state index contributed by atoms with van der Waals surface area (Å²) in [5, 5.41) is 0. The van der Waals surface area contributed by atoms with Gasteiger partial charge in [-0.2, -0.15) is 0 Å². The second-order valence-corrected chi connectivity index (χ2v) is 4.94. The predicted octanol–water partition coefficient (Wildman–Crippen LogP) is 3.63. The second kappa shape index (κ2) is 10.1. The van der Waals surface area contributed by atoms with Gasteiger partial charge in [-0.25, -0.2) is 4.79 Å². The smallest absolute Gasteiger partial charge is 0.330 e. The average Bonchev–Trinajstić information content (AvgIpc) is 3.19. The summed E-state index contributed by atoms with van der Waals surface area (Å²) in [5.74, 6) is -0.311. The summed E-state index contributed by atoms with van der Waals surface area (Å²) in [5.41, 5.74) is 0. The molecular weight excluding hydrogens is 228 g/mol. The summed E-state index contributed by atoms with van der Waals surface area (Å²) >= 11 is 0. The van der Waals surface area contributed by atoms with Gasteiger partial charge in [-0.15, -0.1) is 0 Å². The molecule has 0 bridgehead atoms. The van der Waals surface area contributed by atoms with Gasteiger partial charge >= 0.3 is 5.97 Å². The van der Waals surface area contributed by atoms with Gasteiger partial charge in [0.1, 0.15) is 0 Å². The van der Waals surface area contributed by atoms with Crippen LogP contribution in [0.15, 0.2) is 12.7 Å². The molecule has 0 aromatic carbocycles. The van der Waals surface area contributed by atoms with Crippen molar-refractivity contribution in [3.63, 3.8) is 0 Å². The van der Waals surface area contributed by atoms with E-state index in [1.807, 2.05) is 0 Å². The van der Waals surface area contributed by atoms with E-state index in [9.17, 15) is 4.79 Å². The molecule has 0 aliphatic carbocycles. The summed E-state index contributed by atoms with van der Waals surface area (Å²) in [4.78, 5) is 10.8. The molecule has 1 aliphatic rings. The Morgan fingerprint density at radius 1 is 1.11 bits per heavy atom. The molecule has 3 heteroatoms. The standard InChI is InChI=1S/C15H26O3/c1-2-15(16)17-12-10-8-6-4-3-5-7-9-11-14-13-18-14/h2,14H,1,3-13H2. The molecule has 3 nitrogen and oxygen atoms in total. The Bertz CT molecular complexity index is 234. The van der Waals surface area contributed by atoms with Gasteiger partial charge in [-0.1, -0.05) is 51.5 Å². The first kappa shape index (κ1) is 15.2. The third-order valence-corrected chi connectivity index (χ3v) is 3.23. The lowest BCUT2D eigenvalue weighted by atomic mass is 10.1. The lowest BCUT2D eigenvalue weighted by molar-refractivity contribution is -0.137. The van der Waals surface area contributed by atoms with E-state index in [0.29, 0.717) is 12.7 Å². The van der Waals surface area contributed by atoms with Crippen LogP contribution in [-0.2, 0) is 14.3 Å². The Morgan fingerprint density at radius 2 is 1.67 bits per heavy atom. The third-order valence-electron chi connectivity index (χ3n) is 3.23. The van der Waals surface area contributed by atoms with Gasteiger partial charge in [0, 0.05) is 6.08 Å². The average molecular weight is 254 g/mol. The first-order valence-corrected chi connectivity index (χ1v) is 7.23. The molecule has 0 saturated carbocycles. The highest BCUT2D eigenvalue weighted by atomic mass is 16.6. The molecule has 1 heterocycles. The van der Waals surface area contributed by atoms with Gasteiger partial charge in [0.05, 0.1) is 19.3 Å². The number of ether oxygens (including phenoxy) is 2. The lowest BCUT2D eigenvalue weighted by Gasteiger charge is -2.03. The van der Waals surface area contributed by atoms with E-state index >= 15 is 0 Å². The van der Waals surface area contributed by atoms with Gasteiger partial charge < -0.3 is 9.47 Å². The largest absolute Gasteiger partial charge is 0.463 e. The number of hydrogen-bond acceptors (Lipinski definition) is 3. The van der Waals surface area contributed by atoms with Gasteiger partial charge in [-0.05, 0) is 12.8 Å². The minimum atomic E-state index is -0.311. The molecule has 1 saturated heterocycles. The molecule has 1 aliphatic heterocycles. The fourth-order valence-corrected chi connectivity index (χ4v) is 2.00. The van der Waals surface area contributed by atoms with Crippen molar-refractivity contribution in [3.05, 3.63) is 12.7 Å². The molecule has 0 spiro atoms. The van der Waals surface area contributed by atoms with Crippen LogP contribution in [0.1, 0.15) is 57.8 Å². The van der Waals surface area contributed by atoms with Crippen LogP contribution in [-0.4, -0.2) is 25.3 Å². The normalized spacial score (nSPS) is 17.4. The van der Waals surface area contributed by atoms with Crippen LogP contribution in [0.25, 0.3) is 0 Å². The Kier molecular flexibility index (Phi) is 8.57. The van der Waals surface area contributed by atoms with Gasteiger partial charge in [0.15, 0.2) is 0 Å². The first-order valence-electron chi connectivity index (χ1n) is 7.23. The van der Waals surface area contributed by atoms with Crippen molar-refractivity contribution in [2.45, 2.75) is 63.9 Å². The van der Waals surface area contributed by atoms with Crippen LogP contribution in [0.5, 0.6) is 0 Å². The van der Waals surface area contributed by atoms with Crippen molar-refractivity contribution in [2.75, 3.05) is 13.2 Å². The predicted molar refractivity (Wildman–Crippen MR) is 72.4 cm³/mol. The Morgan fingerprint density at radius 3 is 2.22 bits per heavy atom. The highest BCUT2D eigenvalue weighted by molar-refractivity contribution is 5.81. The van der Waals surface area contributed by atoms with Crippen LogP contribution >= 0.6 is 0 Å². The van der Waals surface area contributed by atoms with E-state index < -0.39 is 0 Å². The molecule has 0 aromatic heterocycles. The quantitative estimate of drug-likeness (QED) is 0.231. The van der Waals surface area contributed by atoms with E-state index in [1.165, 1.54) is 51.0 Å². The molecular formula is C15H26O3. The highest BCUT2D eigenvalue weighted by Crippen LogP contribution is 2.18. The maximum absolute atomic E-state index is 10.8. The van der Waals surface area contributed by atoms with Crippen LogP contribution in [0.2, 0.25) is 0 Å². The summed E-state index contributed by atoms with van der Waals surface area (Å²) < 4.78 is 10.1. The van der Waals surface area contributed by atoms with Crippen molar-refractivity contribution < 1.29 is 14.3 Å². The molecule has 1 atom stereocenters. The monoisotopic (exact) mass is 254 g/mol. The number of unbranched alkanes of at least 4 members (excludes halogenated alkanes) is 7. The Labute approximate surface area is 111 Å². The van der Waals surface area contributed by atoms with E-state index in [-0.39, 0.29) is 5.97 Å². The van der Waals surface area contributed by atoms with E-state index in [1.54, 1.807) is 0 Å². The van der Waals surface area contributed by atoms with Gasteiger partial charge in [0.25, 0.3) is 0 Å². The zero-order chi connectivity index (χ0) is 13.1. The topological polar surface area (TPSA) is 38.8 Å². The molecule has 1 fully saturated rings. The summed E-state index contributed by atoms with van der Waals surface area (Å²) in [6.07, 6.45) is 13.1. The zero-order valence-electron chi connectivity index (χ0n) is 11.4. The van der Waals surface area contributed by atoms with Crippen LogP contribution in [0, 0.1) is 0 Å². The highest BCUT2D eigenvalue weighted by Gasteiger charge is 2.20. The second-order valence-electron chi connectivity index (χ2n) is 4.94. The van der Waals surface area contributed by atoms with Crippen LogP contribution in [0.3, 0.4) is 0 Å². The Balaban J connectivity index is 1.67. The SMILES string of the molecule is C=CC(=O)OCCCCCCCCCCC1CO1. The molecule has 0 aromatic rings. The fourth-order valence-electron chi connectivity index (χ4n) is 2.00. The maximum Gasteiger partial charge on any atom is 0.330 e. The van der Waals surface area contributed by atoms with Crippen molar-refractivity contribution in [1.82, 2.24) is 0 Å². The number of esters is 1. The number of rotatable bonds is 12. The lowest BCUT2D eigenvalue weighted by Crippen LogP contribution is -2.01. The molecule has 0 radical (unpaired) electrons.